The molecule has 0 aromatic rings. The first-order chi connectivity index (χ1) is 26.0. The number of carbonyl (C=O) groups is 1. The normalized spacial score (nSPS) is 14.6. The number of amides is 1. The Kier molecular flexibility index (Phi) is 36.8. The average Bonchev–Trinajstić information content (AvgIpc) is 3.12. The first-order valence-corrected chi connectivity index (χ1v) is 24.2. The maximum atomic E-state index is 12.8. The van der Waals surface area contributed by atoms with Crippen LogP contribution in [0.15, 0.2) is 24.3 Å². The maximum Gasteiger partial charge on any atom is 0.472 e. The summed E-state index contributed by atoms with van der Waals surface area (Å²) in [5.74, 6) is -0.180. The van der Waals surface area contributed by atoms with E-state index in [9.17, 15) is 19.4 Å². The maximum absolute atomic E-state index is 12.8. The van der Waals surface area contributed by atoms with Gasteiger partial charge in [0.15, 0.2) is 0 Å². The van der Waals surface area contributed by atoms with Gasteiger partial charge >= 0.3 is 7.82 Å². The molecule has 54 heavy (non-hydrogen) atoms. The smallest absolute Gasteiger partial charge is 0.387 e. The van der Waals surface area contributed by atoms with Crippen molar-refractivity contribution in [3.63, 3.8) is 0 Å². The molecule has 9 heteroatoms. The lowest BCUT2D eigenvalue weighted by Gasteiger charge is -2.25. The monoisotopic (exact) mass is 786 g/mol. The van der Waals surface area contributed by atoms with Crippen LogP contribution in [0.4, 0.5) is 0 Å². The van der Waals surface area contributed by atoms with Crippen LogP contribution in [0.25, 0.3) is 0 Å². The minimum Gasteiger partial charge on any atom is -0.387 e. The molecule has 3 atom stereocenters. The summed E-state index contributed by atoms with van der Waals surface area (Å²) >= 11 is 0. The number of unbranched alkanes of at least 4 members (excludes halogenated alkanes) is 26. The van der Waals surface area contributed by atoms with E-state index in [0.717, 1.165) is 38.5 Å². The molecule has 3 unspecified atom stereocenters. The summed E-state index contributed by atoms with van der Waals surface area (Å²) in [6, 6.07) is -0.841. The molecule has 0 aliphatic heterocycles. The molecule has 3 N–H and O–H groups in total. The molecule has 8 nitrogen and oxygen atoms in total. The van der Waals surface area contributed by atoms with Gasteiger partial charge in [0.05, 0.1) is 39.9 Å². The van der Waals surface area contributed by atoms with Crippen LogP contribution in [0, 0.1) is 0 Å². The van der Waals surface area contributed by atoms with Gasteiger partial charge < -0.3 is 19.8 Å². The molecular weight excluding hydrogens is 695 g/mol. The first-order valence-electron chi connectivity index (χ1n) is 22.7. The van der Waals surface area contributed by atoms with E-state index in [0.29, 0.717) is 17.4 Å². The van der Waals surface area contributed by atoms with Crippen molar-refractivity contribution >= 4 is 13.7 Å². The van der Waals surface area contributed by atoms with E-state index < -0.39 is 20.0 Å². The van der Waals surface area contributed by atoms with Crippen LogP contribution in [-0.2, 0) is 18.4 Å². The fourth-order valence-electron chi connectivity index (χ4n) is 6.51. The summed E-state index contributed by atoms with van der Waals surface area (Å²) in [6.45, 7) is 4.78. The molecule has 0 aromatic carbocycles. The second-order valence-corrected chi connectivity index (χ2v) is 18.2. The number of nitrogens with one attached hydrogen (secondary N) is 1. The number of hydrogen-bond donors (Lipinski definition) is 3. The fraction of sp³-hybridized carbons (Fsp3) is 0.889. The molecular formula is C45H90N2O6P+. The number of nitrogens with zero attached hydrogens (tertiary/aromatic N) is 1. The van der Waals surface area contributed by atoms with Crippen molar-refractivity contribution < 1.29 is 32.9 Å². The minimum absolute atomic E-state index is 0.0622. The first kappa shape index (κ1) is 53.0. The van der Waals surface area contributed by atoms with Crippen molar-refractivity contribution in [3.05, 3.63) is 24.3 Å². The molecule has 0 aromatic heterocycles. The van der Waals surface area contributed by atoms with Crippen molar-refractivity contribution in [2.24, 2.45) is 0 Å². The summed E-state index contributed by atoms with van der Waals surface area (Å²) < 4.78 is 23.5. The van der Waals surface area contributed by atoms with Gasteiger partial charge in [-0.3, -0.25) is 13.8 Å². The van der Waals surface area contributed by atoms with Crippen molar-refractivity contribution in [2.75, 3.05) is 40.9 Å². The highest BCUT2D eigenvalue weighted by molar-refractivity contribution is 7.47. The predicted molar refractivity (Wildman–Crippen MR) is 231 cm³/mol. The highest BCUT2D eigenvalue weighted by atomic mass is 31.2. The number of likely N-dealkylation sites (N-methyl/N-ethyl adjacent to an activating group) is 1. The van der Waals surface area contributed by atoms with E-state index in [2.05, 4.69) is 31.3 Å². The van der Waals surface area contributed by atoms with Crippen LogP contribution in [-0.4, -0.2) is 73.4 Å². The largest absolute Gasteiger partial charge is 0.472 e. The van der Waals surface area contributed by atoms with E-state index in [-0.39, 0.29) is 19.1 Å². The lowest BCUT2D eigenvalue weighted by Crippen LogP contribution is -2.45. The number of rotatable bonds is 41. The zero-order chi connectivity index (χ0) is 40.0. The van der Waals surface area contributed by atoms with E-state index >= 15 is 0 Å². The number of quaternary nitrogens is 1. The van der Waals surface area contributed by atoms with Gasteiger partial charge in [-0.2, -0.15) is 0 Å². The molecule has 0 spiro atoms. The number of phosphoric ester groups is 1. The molecule has 0 heterocycles. The molecule has 0 saturated carbocycles. The topological polar surface area (TPSA) is 105 Å². The van der Waals surface area contributed by atoms with E-state index in [1.54, 1.807) is 6.08 Å². The Balaban J connectivity index is 4.19. The molecule has 1 amide bonds. The Morgan fingerprint density at radius 3 is 1.43 bits per heavy atom. The number of phosphoric acid groups is 1. The molecule has 320 valence electrons. The minimum atomic E-state index is -4.33. The van der Waals surface area contributed by atoms with Crippen LogP contribution in [0.1, 0.15) is 206 Å². The van der Waals surface area contributed by atoms with Gasteiger partial charge in [-0.1, -0.05) is 179 Å². The number of hydrogen-bond acceptors (Lipinski definition) is 5. The second-order valence-electron chi connectivity index (χ2n) is 16.8. The molecule has 0 aliphatic rings. The van der Waals surface area contributed by atoms with Crippen molar-refractivity contribution in [3.8, 4) is 0 Å². The van der Waals surface area contributed by atoms with E-state index in [1.165, 1.54) is 148 Å². The third kappa shape index (κ3) is 39.2. The summed E-state index contributed by atoms with van der Waals surface area (Å²) in [5.41, 5.74) is 0. The van der Waals surface area contributed by atoms with Crippen LogP contribution in [0.3, 0.4) is 0 Å². The molecule has 0 rings (SSSR count). The van der Waals surface area contributed by atoms with E-state index in [4.69, 9.17) is 9.05 Å². The van der Waals surface area contributed by atoms with Crippen LogP contribution in [0.2, 0.25) is 0 Å². The number of aliphatic hydroxyl groups excluding tert-OH is 1. The molecule has 0 radical (unpaired) electrons. The van der Waals surface area contributed by atoms with Crippen LogP contribution >= 0.6 is 7.82 Å². The number of carbonyl (C=O) groups excluding carboxylic acids is 1. The van der Waals surface area contributed by atoms with Gasteiger partial charge in [-0.05, 0) is 44.9 Å². The molecule has 0 aliphatic carbocycles. The Labute approximate surface area is 334 Å². The van der Waals surface area contributed by atoms with Crippen molar-refractivity contribution in [1.29, 1.82) is 0 Å². The number of allylic oxidation sites excluding steroid dienone is 3. The van der Waals surface area contributed by atoms with E-state index in [1.807, 2.05) is 27.2 Å². The van der Waals surface area contributed by atoms with Gasteiger partial charge in [0.1, 0.15) is 13.2 Å². The zero-order valence-electron chi connectivity index (χ0n) is 36.2. The van der Waals surface area contributed by atoms with Crippen LogP contribution < -0.4 is 5.32 Å². The summed E-state index contributed by atoms with van der Waals surface area (Å²) in [5, 5.41) is 13.8. The summed E-state index contributed by atoms with van der Waals surface area (Å²) in [6.07, 6.45) is 44.0. The fourth-order valence-corrected chi connectivity index (χ4v) is 7.24. The van der Waals surface area contributed by atoms with Gasteiger partial charge in [0.2, 0.25) is 5.91 Å². The molecule has 0 saturated heterocycles. The zero-order valence-corrected chi connectivity index (χ0v) is 37.1. The Morgan fingerprint density at radius 2 is 1.00 bits per heavy atom. The molecule has 0 bridgehead atoms. The third-order valence-corrected chi connectivity index (χ3v) is 11.1. The second kappa shape index (κ2) is 37.6. The SMILES string of the molecule is CCCCCCCCC/C=C/C(O)C(COP(=O)(O)OCC[N+](C)(C)C)NC(=O)CCCCCCCCCCCCC/C=C\CCCCCCCCCC. The quantitative estimate of drug-likeness (QED) is 0.0247. The standard InChI is InChI=1S/C45H89N2O6P/c1-6-8-10-12-14-16-17-18-19-20-21-22-23-24-25-26-27-28-29-31-33-35-37-39-45(49)46-43(42-53-54(50,51)52-41-40-47(3,4)5)44(48)38-36-34-32-30-15-13-11-9-7-2/h20-21,36,38,43-44,48H,6-19,22-35,37,39-42H2,1-5H3,(H-,46,49,50,51)/p+1/b21-20-,38-36+. The summed E-state index contributed by atoms with van der Waals surface area (Å²) in [7, 11) is 1.57. The highest BCUT2D eigenvalue weighted by Crippen LogP contribution is 2.43. The summed E-state index contributed by atoms with van der Waals surface area (Å²) in [4.78, 5) is 23.0. The van der Waals surface area contributed by atoms with Crippen LogP contribution in [0.5, 0.6) is 0 Å². The predicted octanol–water partition coefficient (Wildman–Crippen LogP) is 12.5. The number of aliphatic hydroxyl groups is 1. The lowest BCUT2D eigenvalue weighted by molar-refractivity contribution is -0.870. The van der Waals surface area contributed by atoms with Gasteiger partial charge in [-0.25, -0.2) is 4.57 Å². The average molecular weight is 786 g/mol. The lowest BCUT2D eigenvalue weighted by atomic mass is 10.0. The van der Waals surface area contributed by atoms with Gasteiger partial charge in [0, 0.05) is 6.42 Å². The Bertz CT molecular complexity index is 938. The molecule has 0 fully saturated rings. The van der Waals surface area contributed by atoms with Crippen molar-refractivity contribution in [1.82, 2.24) is 5.32 Å². The van der Waals surface area contributed by atoms with Crippen molar-refractivity contribution in [2.45, 2.75) is 219 Å². The van der Waals surface area contributed by atoms with Gasteiger partial charge in [-0.15, -0.1) is 0 Å². The Morgan fingerprint density at radius 1 is 0.611 bits per heavy atom. The highest BCUT2D eigenvalue weighted by Gasteiger charge is 2.27. The van der Waals surface area contributed by atoms with Gasteiger partial charge in [0.25, 0.3) is 0 Å². The third-order valence-electron chi connectivity index (χ3n) is 10.2. The Hall–Kier alpha value is -1.02.